The zero-order chi connectivity index (χ0) is 10.1. The van der Waals surface area contributed by atoms with Crippen LogP contribution in [0.5, 0.6) is 0 Å². The van der Waals surface area contributed by atoms with Gasteiger partial charge in [0.15, 0.2) is 0 Å². The van der Waals surface area contributed by atoms with Crippen LogP contribution in [-0.4, -0.2) is 19.8 Å². The van der Waals surface area contributed by atoms with Gasteiger partial charge in [0, 0.05) is 0 Å². The Morgan fingerprint density at radius 1 is 1.36 bits per heavy atom. The number of methoxy groups -OCH3 is 1. The Morgan fingerprint density at radius 3 is 2.64 bits per heavy atom. The van der Waals surface area contributed by atoms with E-state index in [4.69, 9.17) is 4.74 Å². The topological polar surface area (TPSA) is 26.3 Å². The van der Waals surface area contributed by atoms with Crippen LogP contribution >= 0.6 is 0 Å². The number of carbonyl (C=O) groups is 1. The Morgan fingerprint density at radius 2 is 2.14 bits per heavy atom. The lowest BCUT2D eigenvalue weighted by atomic mass is 9.81. The molecule has 0 spiro atoms. The second-order valence-corrected chi connectivity index (χ2v) is 4.59. The number of esters is 1. The van der Waals surface area contributed by atoms with Crippen molar-refractivity contribution in [3.63, 3.8) is 0 Å². The number of hydrogen-bond donors (Lipinski definition) is 0. The molecular weight excluding hydrogens is 183 g/mol. The Kier molecular flexibility index (Phi) is 2.75. The first-order valence-corrected chi connectivity index (χ1v) is 5.40. The number of halogens is 1. The summed E-state index contributed by atoms with van der Waals surface area (Å²) in [5, 5.41) is 0. The van der Waals surface area contributed by atoms with E-state index in [0.29, 0.717) is 24.2 Å². The Bertz CT molecular complexity index is 229. The summed E-state index contributed by atoms with van der Waals surface area (Å²) in [5.74, 6) is 1.65. The predicted octanol–water partition coefficient (Wildman–Crippen LogP) is 2.18. The molecule has 2 nitrogen and oxygen atoms in total. The number of alkyl halides is 1. The van der Waals surface area contributed by atoms with Crippen molar-refractivity contribution in [3.8, 4) is 0 Å². The van der Waals surface area contributed by atoms with Crippen LogP contribution in [0, 0.1) is 23.7 Å². The Labute approximate surface area is 83.8 Å². The molecule has 0 aromatic carbocycles. The first-order chi connectivity index (χ1) is 6.76. The maximum atomic E-state index is 12.2. The maximum absolute atomic E-state index is 12.2. The third-order valence-corrected chi connectivity index (χ3v) is 3.99. The van der Waals surface area contributed by atoms with Crippen LogP contribution in [0.15, 0.2) is 0 Å². The minimum Gasteiger partial charge on any atom is -0.469 e. The molecule has 2 saturated carbocycles. The molecule has 0 aromatic heterocycles. The molecule has 2 aliphatic carbocycles. The summed E-state index contributed by atoms with van der Waals surface area (Å²) in [5.41, 5.74) is 0. The minimum atomic E-state index is -0.212. The van der Waals surface area contributed by atoms with Gasteiger partial charge in [-0.1, -0.05) is 0 Å². The van der Waals surface area contributed by atoms with Gasteiger partial charge >= 0.3 is 5.97 Å². The lowest BCUT2D eigenvalue weighted by Gasteiger charge is -2.25. The molecule has 0 amide bonds. The van der Waals surface area contributed by atoms with Crippen molar-refractivity contribution in [2.75, 3.05) is 13.8 Å². The fraction of sp³-hybridized carbons (Fsp3) is 0.909. The van der Waals surface area contributed by atoms with Crippen molar-refractivity contribution in [1.82, 2.24) is 0 Å². The molecule has 0 N–H and O–H groups in total. The van der Waals surface area contributed by atoms with Gasteiger partial charge in [-0.15, -0.1) is 0 Å². The second kappa shape index (κ2) is 3.87. The van der Waals surface area contributed by atoms with Gasteiger partial charge in [-0.05, 0) is 43.4 Å². The predicted molar refractivity (Wildman–Crippen MR) is 50.4 cm³/mol. The fourth-order valence-electron chi connectivity index (χ4n) is 3.33. The van der Waals surface area contributed by atoms with E-state index in [-0.39, 0.29) is 18.6 Å². The molecule has 2 bridgehead atoms. The van der Waals surface area contributed by atoms with Crippen LogP contribution in [0.4, 0.5) is 4.39 Å². The highest BCUT2D eigenvalue weighted by Crippen LogP contribution is 2.53. The summed E-state index contributed by atoms with van der Waals surface area (Å²) < 4.78 is 17.0. The summed E-state index contributed by atoms with van der Waals surface area (Å²) in [7, 11) is 1.45. The molecule has 0 radical (unpaired) electrons. The van der Waals surface area contributed by atoms with Crippen molar-refractivity contribution < 1.29 is 13.9 Å². The first-order valence-electron chi connectivity index (χ1n) is 5.40. The quantitative estimate of drug-likeness (QED) is 0.653. The highest BCUT2D eigenvalue weighted by atomic mass is 19.1. The molecule has 2 rings (SSSR count). The number of hydrogen-bond acceptors (Lipinski definition) is 2. The Hall–Kier alpha value is -0.600. The van der Waals surface area contributed by atoms with Crippen molar-refractivity contribution in [3.05, 3.63) is 0 Å². The molecule has 2 aliphatic rings. The smallest absolute Gasteiger partial charge is 0.308 e. The summed E-state index contributed by atoms with van der Waals surface area (Å²) in [6, 6.07) is 0. The molecule has 80 valence electrons. The van der Waals surface area contributed by atoms with E-state index in [1.165, 1.54) is 7.11 Å². The Balaban J connectivity index is 1.93. The molecule has 4 atom stereocenters. The van der Waals surface area contributed by atoms with E-state index in [0.717, 1.165) is 19.3 Å². The zero-order valence-electron chi connectivity index (χ0n) is 8.54. The van der Waals surface area contributed by atoms with Gasteiger partial charge in [-0.3, -0.25) is 9.18 Å². The number of ether oxygens (including phenoxy) is 1. The van der Waals surface area contributed by atoms with Crippen LogP contribution < -0.4 is 0 Å². The van der Waals surface area contributed by atoms with Crippen LogP contribution in [0.25, 0.3) is 0 Å². The average Bonchev–Trinajstić information content (AvgIpc) is 2.76. The van der Waals surface area contributed by atoms with Crippen LogP contribution in [-0.2, 0) is 9.53 Å². The lowest BCUT2D eigenvalue weighted by molar-refractivity contribution is -0.147. The molecule has 0 aliphatic heterocycles. The second-order valence-electron chi connectivity index (χ2n) is 4.59. The summed E-state index contributed by atoms with van der Waals surface area (Å²) >= 11 is 0. The SMILES string of the molecule is COC(=O)C1CC2CC1CC2CCF. The van der Waals surface area contributed by atoms with E-state index in [1.807, 2.05) is 0 Å². The summed E-state index contributed by atoms with van der Waals surface area (Å²) in [6.07, 6.45) is 3.77. The van der Waals surface area contributed by atoms with E-state index in [2.05, 4.69) is 0 Å². The van der Waals surface area contributed by atoms with E-state index >= 15 is 0 Å². The molecule has 3 heteroatoms. The molecule has 2 fully saturated rings. The fourth-order valence-corrected chi connectivity index (χ4v) is 3.33. The van der Waals surface area contributed by atoms with Gasteiger partial charge < -0.3 is 4.74 Å². The first kappa shape index (κ1) is 9.94. The number of carbonyl (C=O) groups excluding carboxylic acids is 1. The van der Waals surface area contributed by atoms with Gasteiger partial charge in [0.25, 0.3) is 0 Å². The molecule has 4 unspecified atom stereocenters. The van der Waals surface area contributed by atoms with Crippen LogP contribution in [0.1, 0.15) is 25.7 Å². The molecule has 0 heterocycles. The van der Waals surface area contributed by atoms with E-state index in [1.54, 1.807) is 0 Å². The summed E-state index contributed by atoms with van der Waals surface area (Å²) in [4.78, 5) is 11.4. The summed E-state index contributed by atoms with van der Waals surface area (Å²) in [6.45, 7) is -0.212. The van der Waals surface area contributed by atoms with Gasteiger partial charge in [-0.2, -0.15) is 0 Å². The van der Waals surface area contributed by atoms with Gasteiger partial charge in [-0.25, -0.2) is 0 Å². The standard InChI is InChI=1S/C11H17FO2/c1-14-11(13)10-6-8-5-9(10)4-7(8)2-3-12/h7-10H,2-6H2,1H3. The van der Waals surface area contributed by atoms with Crippen molar-refractivity contribution in [2.45, 2.75) is 25.7 Å². The van der Waals surface area contributed by atoms with E-state index < -0.39 is 0 Å². The minimum absolute atomic E-state index is 0.0591. The van der Waals surface area contributed by atoms with Crippen molar-refractivity contribution >= 4 is 5.97 Å². The number of rotatable bonds is 3. The zero-order valence-corrected chi connectivity index (χ0v) is 8.54. The third kappa shape index (κ3) is 1.53. The van der Waals surface area contributed by atoms with Gasteiger partial charge in [0.05, 0.1) is 19.7 Å². The van der Waals surface area contributed by atoms with Gasteiger partial charge in [0.1, 0.15) is 0 Å². The van der Waals surface area contributed by atoms with Crippen molar-refractivity contribution in [1.29, 1.82) is 0 Å². The molecule has 14 heavy (non-hydrogen) atoms. The van der Waals surface area contributed by atoms with Crippen molar-refractivity contribution in [2.24, 2.45) is 23.7 Å². The van der Waals surface area contributed by atoms with Crippen LogP contribution in [0.3, 0.4) is 0 Å². The van der Waals surface area contributed by atoms with Gasteiger partial charge in [0.2, 0.25) is 0 Å². The number of fused-ring (bicyclic) bond motifs is 2. The lowest BCUT2D eigenvalue weighted by Crippen LogP contribution is -2.25. The maximum Gasteiger partial charge on any atom is 0.308 e. The molecule has 0 aromatic rings. The largest absolute Gasteiger partial charge is 0.469 e. The highest BCUT2D eigenvalue weighted by Gasteiger charge is 2.48. The van der Waals surface area contributed by atoms with Crippen LogP contribution in [0.2, 0.25) is 0 Å². The average molecular weight is 200 g/mol. The third-order valence-electron chi connectivity index (χ3n) is 3.99. The highest BCUT2D eigenvalue weighted by molar-refractivity contribution is 5.73. The normalized spacial score (nSPS) is 40.1. The molecule has 0 saturated heterocycles. The monoisotopic (exact) mass is 200 g/mol. The van der Waals surface area contributed by atoms with E-state index in [9.17, 15) is 9.18 Å². The molecular formula is C11H17FO2.